The van der Waals surface area contributed by atoms with Crippen LogP contribution in [0.4, 0.5) is 11.4 Å². The molecule has 1 N–H and O–H groups in total. The Morgan fingerprint density at radius 1 is 1.00 bits per heavy atom. The quantitative estimate of drug-likeness (QED) is 0.374. The molecule has 4 nitrogen and oxygen atoms in total. The number of likely N-dealkylation sites (N-methyl/N-ethyl adjacent to an activating group) is 1. The number of aliphatic imine (C=N–C) groups is 1. The lowest BCUT2D eigenvalue weighted by atomic mass is 9.82. The highest BCUT2D eigenvalue weighted by molar-refractivity contribution is 7.98. The minimum atomic E-state index is -0.0382. The second-order valence-electron chi connectivity index (χ2n) is 9.63. The fourth-order valence-corrected chi connectivity index (χ4v) is 6.29. The zero-order valence-electron chi connectivity index (χ0n) is 21.1. The van der Waals surface area contributed by atoms with E-state index in [1.807, 2.05) is 42.1 Å². The molecule has 1 heterocycles. The summed E-state index contributed by atoms with van der Waals surface area (Å²) >= 11 is 1.81. The predicted molar refractivity (Wildman–Crippen MR) is 152 cm³/mol. The minimum absolute atomic E-state index is 0.0382. The van der Waals surface area contributed by atoms with Gasteiger partial charge in [0.1, 0.15) is 0 Å². The van der Waals surface area contributed by atoms with Crippen LogP contribution in [-0.2, 0) is 5.75 Å². The van der Waals surface area contributed by atoms with Crippen LogP contribution in [0.1, 0.15) is 60.5 Å². The summed E-state index contributed by atoms with van der Waals surface area (Å²) in [6.07, 6.45) is 6.26. The molecule has 0 radical (unpaired) electrons. The van der Waals surface area contributed by atoms with E-state index >= 15 is 0 Å². The standard InChI is InChI=1S/C31H35N3OS/c1-2-34(26-14-7-4-8-15-26)20-19-32-31(35)24-17-18-29-28(21-24)33-30(23-11-5-3-6-12-23)27-16-10-9-13-25(27)22-36-29/h4,7-10,13-18,21,23H,2-3,5-6,11-12,19-20,22H2,1H3,(H,32,35). The lowest BCUT2D eigenvalue weighted by Crippen LogP contribution is -2.34. The molecular formula is C31H35N3OS. The van der Waals surface area contributed by atoms with Crippen LogP contribution in [-0.4, -0.2) is 31.3 Å². The van der Waals surface area contributed by atoms with Crippen LogP contribution in [0.15, 0.2) is 82.7 Å². The highest BCUT2D eigenvalue weighted by atomic mass is 32.2. The summed E-state index contributed by atoms with van der Waals surface area (Å²) in [4.78, 5) is 21.8. The van der Waals surface area contributed by atoms with Gasteiger partial charge in [0.25, 0.3) is 5.91 Å². The van der Waals surface area contributed by atoms with Gasteiger partial charge < -0.3 is 10.2 Å². The van der Waals surface area contributed by atoms with Crippen LogP contribution in [0.25, 0.3) is 0 Å². The van der Waals surface area contributed by atoms with Crippen molar-refractivity contribution >= 4 is 34.8 Å². The molecule has 5 heteroatoms. The van der Waals surface area contributed by atoms with E-state index in [0.29, 0.717) is 18.0 Å². The maximum absolute atomic E-state index is 13.1. The molecule has 2 aliphatic rings. The van der Waals surface area contributed by atoms with E-state index in [9.17, 15) is 4.79 Å². The number of carbonyl (C=O) groups is 1. The Bertz CT molecular complexity index is 1220. The number of amides is 1. The Hall–Kier alpha value is -3.05. The first-order chi connectivity index (χ1) is 17.7. The van der Waals surface area contributed by atoms with E-state index in [1.54, 1.807) is 0 Å². The Labute approximate surface area is 219 Å². The van der Waals surface area contributed by atoms with Crippen LogP contribution in [0.2, 0.25) is 0 Å². The van der Waals surface area contributed by atoms with Crippen LogP contribution in [0.5, 0.6) is 0 Å². The summed E-state index contributed by atoms with van der Waals surface area (Å²) < 4.78 is 0. The van der Waals surface area contributed by atoms with E-state index < -0.39 is 0 Å². The number of nitrogens with zero attached hydrogens (tertiary/aromatic N) is 2. The van der Waals surface area contributed by atoms with Crippen LogP contribution >= 0.6 is 11.8 Å². The molecule has 0 bridgehead atoms. The number of rotatable bonds is 7. The Morgan fingerprint density at radius 2 is 1.78 bits per heavy atom. The van der Waals surface area contributed by atoms with Crippen molar-refractivity contribution in [2.24, 2.45) is 10.9 Å². The van der Waals surface area contributed by atoms with Gasteiger partial charge in [-0.1, -0.05) is 61.7 Å². The summed E-state index contributed by atoms with van der Waals surface area (Å²) in [5.74, 6) is 1.38. The maximum Gasteiger partial charge on any atom is 0.251 e. The number of benzene rings is 3. The van der Waals surface area contributed by atoms with Gasteiger partial charge in [-0.2, -0.15) is 0 Å². The highest BCUT2D eigenvalue weighted by Crippen LogP contribution is 2.39. The molecule has 1 aliphatic heterocycles. The van der Waals surface area contributed by atoms with Crippen molar-refractivity contribution in [3.05, 3.63) is 89.5 Å². The van der Waals surface area contributed by atoms with E-state index in [-0.39, 0.29) is 5.91 Å². The fourth-order valence-electron chi connectivity index (χ4n) is 5.31. The zero-order valence-corrected chi connectivity index (χ0v) is 21.9. The van der Waals surface area contributed by atoms with Gasteiger partial charge in [0.05, 0.1) is 11.4 Å². The third-order valence-electron chi connectivity index (χ3n) is 7.30. The first-order valence-electron chi connectivity index (χ1n) is 13.2. The molecule has 3 aromatic carbocycles. The van der Waals surface area contributed by atoms with Crippen LogP contribution in [0.3, 0.4) is 0 Å². The molecule has 1 amide bonds. The molecule has 1 saturated carbocycles. The van der Waals surface area contributed by atoms with Crippen molar-refractivity contribution in [3.63, 3.8) is 0 Å². The largest absolute Gasteiger partial charge is 0.370 e. The normalized spacial score (nSPS) is 15.6. The molecular weight excluding hydrogens is 462 g/mol. The van der Waals surface area contributed by atoms with Gasteiger partial charge in [-0.25, -0.2) is 0 Å². The zero-order chi connectivity index (χ0) is 24.7. The second kappa shape index (κ2) is 11.8. The van der Waals surface area contributed by atoms with Gasteiger partial charge >= 0.3 is 0 Å². The molecule has 186 valence electrons. The molecule has 0 atom stereocenters. The molecule has 1 fully saturated rings. The lowest BCUT2D eigenvalue weighted by Gasteiger charge is -2.26. The average Bonchev–Trinajstić information content (AvgIpc) is 2.93. The number of fused-ring (bicyclic) bond motifs is 2. The van der Waals surface area contributed by atoms with Crippen LogP contribution < -0.4 is 10.2 Å². The van der Waals surface area contributed by atoms with Gasteiger partial charge in [-0.05, 0) is 55.7 Å². The van der Waals surface area contributed by atoms with Crippen molar-refractivity contribution in [1.29, 1.82) is 0 Å². The molecule has 0 unspecified atom stereocenters. The van der Waals surface area contributed by atoms with E-state index in [0.717, 1.165) is 29.4 Å². The summed E-state index contributed by atoms with van der Waals surface area (Å²) in [5, 5.41) is 3.12. The van der Waals surface area contributed by atoms with E-state index in [4.69, 9.17) is 4.99 Å². The monoisotopic (exact) mass is 497 g/mol. The van der Waals surface area contributed by atoms with Gasteiger partial charge in [-0.15, -0.1) is 11.8 Å². The fraction of sp³-hybridized carbons (Fsp3) is 0.355. The number of para-hydroxylation sites is 1. The number of nitrogens with one attached hydrogen (secondary N) is 1. The molecule has 0 saturated heterocycles. The summed E-state index contributed by atoms with van der Waals surface area (Å²) in [5.41, 5.74) is 6.65. The number of thioether (sulfide) groups is 1. The van der Waals surface area contributed by atoms with E-state index in [1.165, 1.54) is 54.6 Å². The average molecular weight is 498 g/mol. The van der Waals surface area contributed by atoms with Gasteiger partial charge in [0.15, 0.2) is 0 Å². The topological polar surface area (TPSA) is 44.7 Å². The number of hydrogen-bond acceptors (Lipinski definition) is 4. The maximum atomic E-state index is 13.1. The molecule has 5 rings (SSSR count). The molecule has 3 aromatic rings. The molecule has 1 aliphatic carbocycles. The minimum Gasteiger partial charge on any atom is -0.370 e. The summed E-state index contributed by atoms with van der Waals surface area (Å²) in [6.45, 7) is 4.41. The lowest BCUT2D eigenvalue weighted by molar-refractivity contribution is 0.0954. The second-order valence-corrected chi connectivity index (χ2v) is 10.6. The Morgan fingerprint density at radius 3 is 2.58 bits per heavy atom. The Balaban J connectivity index is 1.36. The predicted octanol–water partition coefficient (Wildman–Crippen LogP) is 7.25. The summed E-state index contributed by atoms with van der Waals surface area (Å²) in [7, 11) is 0. The van der Waals surface area contributed by atoms with Gasteiger partial charge in [-0.3, -0.25) is 9.79 Å². The van der Waals surface area contributed by atoms with Crippen molar-refractivity contribution in [1.82, 2.24) is 5.32 Å². The first-order valence-corrected chi connectivity index (χ1v) is 14.2. The summed E-state index contributed by atoms with van der Waals surface area (Å²) in [6, 6.07) is 25.1. The SMILES string of the molecule is CCN(CCNC(=O)c1ccc2c(c1)N=C(C1CCCCC1)c1ccccc1CS2)c1ccccc1. The van der Waals surface area contributed by atoms with Crippen molar-refractivity contribution < 1.29 is 4.79 Å². The van der Waals surface area contributed by atoms with Gasteiger partial charge in [0.2, 0.25) is 0 Å². The number of anilines is 1. The van der Waals surface area contributed by atoms with Crippen molar-refractivity contribution in [3.8, 4) is 0 Å². The van der Waals surface area contributed by atoms with Gasteiger partial charge in [0, 0.05) is 53.0 Å². The van der Waals surface area contributed by atoms with E-state index in [2.05, 4.69) is 59.6 Å². The van der Waals surface area contributed by atoms with Crippen molar-refractivity contribution in [2.75, 3.05) is 24.5 Å². The van der Waals surface area contributed by atoms with Crippen LogP contribution in [0, 0.1) is 5.92 Å². The smallest absolute Gasteiger partial charge is 0.251 e. The molecule has 36 heavy (non-hydrogen) atoms. The number of hydrogen-bond donors (Lipinski definition) is 1. The third-order valence-corrected chi connectivity index (χ3v) is 8.41. The first kappa shape index (κ1) is 24.6. The molecule has 0 aromatic heterocycles. The third kappa shape index (κ3) is 5.67. The number of carbonyl (C=O) groups excluding carboxylic acids is 1. The molecule has 0 spiro atoms. The highest BCUT2D eigenvalue weighted by Gasteiger charge is 2.25. The van der Waals surface area contributed by atoms with Crippen molar-refractivity contribution in [2.45, 2.75) is 49.7 Å². The Kier molecular flexibility index (Phi) is 8.07.